The van der Waals surface area contributed by atoms with E-state index in [1.54, 1.807) is 0 Å². The minimum Gasteiger partial charge on any atom is -0.0654 e. The van der Waals surface area contributed by atoms with E-state index in [2.05, 4.69) is 20.3 Å². The van der Waals surface area contributed by atoms with Crippen molar-refractivity contribution in [3.63, 3.8) is 0 Å². The molecule has 0 aromatic rings. The van der Waals surface area contributed by atoms with Gasteiger partial charge in [0.2, 0.25) is 0 Å². The van der Waals surface area contributed by atoms with Crippen molar-refractivity contribution in [1.29, 1.82) is 0 Å². The first kappa shape index (κ1) is 13.1. The topological polar surface area (TPSA) is 0 Å². The van der Waals surface area contributed by atoms with Crippen molar-refractivity contribution >= 4 is 0 Å². The molecular weight excluding hydrogens is 180 g/mol. The highest BCUT2D eigenvalue weighted by Gasteiger charge is 2.20. The predicted molar refractivity (Wildman–Crippen MR) is 68.8 cm³/mol. The summed E-state index contributed by atoms with van der Waals surface area (Å²) in [5.41, 5.74) is 0. The Labute approximate surface area is 96.8 Å². The maximum Gasteiger partial charge on any atom is -0.0388 e. The number of hydrogen-bond acceptors (Lipinski definition) is 0. The summed E-state index contributed by atoms with van der Waals surface area (Å²) in [6.07, 6.45) is 17.0. The third-order valence-corrected chi connectivity index (χ3v) is 3.93. The number of unbranched alkanes of at least 4 members (excludes halogenated alkanes) is 3. The van der Waals surface area contributed by atoms with Gasteiger partial charge in [0.05, 0.1) is 0 Å². The van der Waals surface area contributed by atoms with Gasteiger partial charge in [-0.3, -0.25) is 0 Å². The minimum atomic E-state index is 1.06. The second-order valence-corrected chi connectivity index (χ2v) is 5.32. The average Bonchev–Trinajstić information content (AvgIpc) is 2.27. The fourth-order valence-corrected chi connectivity index (χ4v) is 2.98. The maximum absolute atomic E-state index is 2.45. The summed E-state index contributed by atoms with van der Waals surface area (Å²) in [7, 11) is 0. The molecule has 2 unspecified atom stereocenters. The van der Waals surface area contributed by atoms with Crippen LogP contribution in [0.3, 0.4) is 0 Å². The lowest BCUT2D eigenvalue weighted by molar-refractivity contribution is 0.240. The van der Waals surface area contributed by atoms with E-state index in [4.69, 9.17) is 0 Å². The molecule has 15 heavy (non-hydrogen) atoms. The Hall–Kier alpha value is 0. The Morgan fingerprint density at radius 3 is 2.47 bits per heavy atom. The predicted octanol–water partition coefficient (Wildman–Crippen LogP) is 5.38. The highest BCUT2D eigenvalue weighted by atomic mass is 14.3. The van der Waals surface area contributed by atoms with Crippen LogP contribution in [0.25, 0.3) is 0 Å². The van der Waals surface area contributed by atoms with Crippen LogP contribution in [0.1, 0.15) is 78.1 Å². The van der Waals surface area contributed by atoms with Crippen LogP contribution >= 0.6 is 0 Å². The molecule has 1 aliphatic rings. The first-order valence-corrected chi connectivity index (χ1v) is 7.18. The van der Waals surface area contributed by atoms with E-state index >= 15 is 0 Å². The molecular formula is C15H29. The molecule has 0 bridgehead atoms. The highest BCUT2D eigenvalue weighted by molar-refractivity contribution is 4.75. The monoisotopic (exact) mass is 209 g/mol. The lowest BCUT2D eigenvalue weighted by Gasteiger charge is -2.29. The van der Waals surface area contributed by atoms with Gasteiger partial charge in [-0.25, -0.2) is 0 Å². The lowest BCUT2D eigenvalue weighted by atomic mass is 9.77. The summed E-state index contributed by atoms with van der Waals surface area (Å²) in [5, 5.41) is 0. The molecule has 1 rings (SSSR count). The molecule has 0 nitrogen and oxygen atoms in total. The molecule has 0 saturated heterocycles. The first-order chi connectivity index (χ1) is 7.36. The summed E-state index contributed by atoms with van der Waals surface area (Å²) in [6, 6.07) is 0. The van der Waals surface area contributed by atoms with Gasteiger partial charge < -0.3 is 0 Å². The second kappa shape index (κ2) is 8.19. The van der Waals surface area contributed by atoms with Crippen LogP contribution in [-0.2, 0) is 0 Å². The number of hydrogen-bond donors (Lipinski definition) is 0. The van der Waals surface area contributed by atoms with E-state index in [1.807, 2.05) is 0 Å². The van der Waals surface area contributed by atoms with E-state index < -0.39 is 0 Å². The summed E-state index contributed by atoms with van der Waals surface area (Å²) < 4.78 is 0. The largest absolute Gasteiger partial charge is 0.0654 e. The van der Waals surface area contributed by atoms with Crippen LogP contribution in [0, 0.1) is 18.3 Å². The van der Waals surface area contributed by atoms with E-state index in [9.17, 15) is 0 Å². The van der Waals surface area contributed by atoms with Crippen molar-refractivity contribution in [3.8, 4) is 0 Å². The number of rotatable bonds is 7. The highest BCUT2D eigenvalue weighted by Crippen LogP contribution is 2.34. The van der Waals surface area contributed by atoms with Gasteiger partial charge in [-0.05, 0) is 31.1 Å². The Morgan fingerprint density at radius 1 is 1.07 bits per heavy atom. The first-order valence-electron chi connectivity index (χ1n) is 7.18. The molecule has 0 heteroatoms. The zero-order chi connectivity index (χ0) is 10.9. The van der Waals surface area contributed by atoms with Crippen molar-refractivity contribution in [1.82, 2.24) is 0 Å². The van der Waals surface area contributed by atoms with E-state index in [0.29, 0.717) is 0 Å². The maximum atomic E-state index is 2.45. The third kappa shape index (κ3) is 5.58. The zero-order valence-corrected chi connectivity index (χ0v) is 10.8. The van der Waals surface area contributed by atoms with Gasteiger partial charge in [0, 0.05) is 0 Å². The van der Waals surface area contributed by atoms with Crippen LogP contribution in [0.2, 0.25) is 0 Å². The van der Waals surface area contributed by atoms with Crippen molar-refractivity contribution in [2.45, 2.75) is 78.1 Å². The molecule has 0 amide bonds. The van der Waals surface area contributed by atoms with Gasteiger partial charge in [-0.1, -0.05) is 65.2 Å². The van der Waals surface area contributed by atoms with Gasteiger partial charge in [0.25, 0.3) is 0 Å². The van der Waals surface area contributed by atoms with Crippen LogP contribution in [0.15, 0.2) is 0 Å². The molecule has 0 N–H and O–H groups in total. The van der Waals surface area contributed by atoms with Gasteiger partial charge in [-0.15, -0.1) is 0 Å². The Bertz CT molecular complexity index is 139. The molecule has 0 aliphatic heterocycles. The quantitative estimate of drug-likeness (QED) is 0.494. The molecule has 1 fully saturated rings. The SMILES string of the molecule is CC[CH]CCC1CCCC(CCCC)C1. The van der Waals surface area contributed by atoms with Crippen molar-refractivity contribution < 1.29 is 0 Å². The summed E-state index contributed by atoms with van der Waals surface area (Å²) in [6.45, 7) is 4.57. The third-order valence-electron chi connectivity index (χ3n) is 3.93. The summed E-state index contributed by atoms with van der Waals surface area (Å²) in [4.78, 5) is 0. The van der Waals surface area contributed by atoms with Crippen molar-refractivity contribution in [2.24, 2.45) is 11.8 Å². The molecule has 0 aromatic carbocycles. The van der Waals surface area contributed by atoms with Crippen LogP contribution in [-0.4, -0.2) is 0 Å². The fourth-order valence-electron chi connectivity index (χ4n) is 2.98. The van der Waals surface area contributed by atoms with Crippen LogP contribution in [0.5, 0.6) is 0 Å². The van der Waals surface area contributed by atoms with E-state index in [1.165, 1.54) is 64.2 Å². The van der Waals surface area contributed by atoms with E-state index in [-0.39, 0.29) is 0 Å². The van der Waals surface area contributed by atoms with Crippen molar-refractivity contribution in [2.75, 3.05) is 0 Å². The molecule has 0 spiro atoms. The van der Waals surface area contributed by atoms with Gasteiger partial charge >= 0.3 is 0 Å². The molecule has 1 aliphatic carbocycles. The normalized spacial score (nSPS) is 26.8. The minimum absolute atomic E-state index is 1.06. The van der Waals surface area contributed by atoms with E-state index in [0.717, 1.165) is 11.8 Å². The smallest absolute Gasteiger partial charge is 0.0388 e. The van der Waals surface area contributed by atoms with Crippen molar-refractivity contribution in [3.05, 3.63) is 6.42 Å². The Morgan fingerprint density at radius 2 is 1.80 bits per heavy atom. The molecule has 0 aromatic heterocycles. The summed E-state index contributed by atoms with van der Waals surface area (Å²) >= 11 is 0. The second-order valence-electron chi connectivity index (χ2n) is 5.32. The van der Waals surface area contributed by atoms with Gasteiger partial charge in [-0.2, -0.15) is 0 Å². The molecule has 2 atom stereocenters. The Balaban J connectivity index is 2.11. The molecule has 89 valence electrons. The summed E-state index contributed by atoms with van der Waals surface area (Å²) in [5.74, 6) is 2.13. The lowest BCUT2D eigenvalue weighted by Crippen LogP contribution is -2.15. The standard InChI is InChI=1S/C15H29/c1-3-5-7-10-15-12-8-11-14(13-15)9-6-4-2/h5,14-15H,3-4,6-13H2,1-2H3. The van der Waals surface area contributed by atoms with Crippen LogP contribution < -0.4 is 0 Å². The van der Waals surface area contributed by atoms with Gasteiger partial charge in [0.1, 0.15) is 0 Å². The molecule has 0 heterocycles. The van der Waals surface area contributed by atoms with Gasteiger partial charge in [0.15, 0.2) is 0 Å². The molecule has 1 radical (unpaired) electrons. The Kier molecular flexibility index (Phi) is 7.13. The molecule has 1 saturated carbocycles. The van der Waals surface area contributed by atoms with Crippen LogP contribution in [0.4, 0.5) is 0 Å². The average molecular weight is 209 g/mol. The fraction of sp³-hybridized carbons (Fsp3) is 0.933. The zero-order valence-electron chi connectivity index (χ0n) is 10.8.